The van der Waals surface area contributed by atoms with Crippen LogP contribution in [0.2, 0.25) is 0 Å². The van der Waals surface area contributed by atoms with Crippen molar-refractivity contribution in [1.29, 1.82) is 0 Å². The smallest absolute Gasteiger partial charge is 0.308 e. The molecule has 0 aliphatic carbocycles. The Hall–Kier alpha value is -0.830. The molecule has 0 spiro atoms. The summed E-state index contributed by atoms with van der Waals surface area (Å²) >= 11 is 1.32. The first-order valence-electron chi connectivity index (χ1n) is 4.55. The molecular formula is C7H12F3N5S. The van der Waals surface area contributed by atoms with E-state index in [-0.39, 0.29) is 11.8 Å². The topological polar surface area (TPSA) is 55.6 Å². The summed E-state index contributed by atoms with van der Waals surface area (Å²) in [5.41, 5.74) is 0. The molecule has 0 aliphatic heterocycles. The molecule has 0 saturated heterocycles. The highest BCUT2D eigenvalue weighted by Gasteiger charge is 2.26. The Morgan fingerprint density at radius 3 is 2.69 bits per heavy atom. The highest BCUT2D eigenvalue weighted by Crippen LogP contribution is 2.19. The summed E-state index contributed by atoms with van der Waals surface area (Å²) in [4.78, 5) is 0. The fourth-order valence-corrected chi connectivity index (χ4v) is 1.79. The number of rotatable bonds is 5. The number of nitrogens with one attached hydrogen (secondary N) is 1. The van der Waals surface area contributed by atoms with Crippen LogP contribution in [0.5, 0.6) is 0 Å². The highest BCUT2D eigenvalue weighted by molar-refractivity contribution is 7.99. The summed E-state index contributed by atoms with van der Waals surface area (Å²) < 4.78 is 37.0. The van der Waals surface area contributed by atoms with Gasteiger partial charge in [-0.1, -0.05) is 18.7 Å². The minimum absolute atomic E-state index is 0.0351. The lowest BCUT2D eigenvalue weighted by Crippen LogP contribution is -2.32. The van der Waals surface area contributed by atoms with Crippen molar-refractivity contribution in [2.24, 2.45) is 7.05 Å². The fourth-order valence-electron chi connectivity index (χ4n) is 0.960. The van der Waals surface area contributed by atoms with Crippen LogP contribution >= 0.6 is 11.8 Å². The van der Waals surface area contributed by atoms with Crippen molar-refractivity contribution in [3.63, 3.8) is 0 Å². The lowest BCUT2D eigenvalue weighted by molar-refractivity contribution is -0.124. The summed E-state index contributed by atoms with van der Waals surface area (Å²) in [5, 5.41) is 13.7. The van der Waals surface area contributed by atoms with Gasteiger partial charge < -0.3 is 5.32 Å². The summed E-state index contributed by atoms with van der Waals surface area (Å²) in [7, 11) is 1.68. The molecule has 1 N–H and O–H groups in total. The van der Waals surface area contributed by atoms with Gasteiger partial charge in [-0.3, -0.25) is 0 Å². The first-order chi connectivity index (χ1) is 7.38. The van der Waals surface area contributed by atoms with E-state index < -0.39 is 12.7 Å². The van der Waals surface area contributed by atoms with Crippen LogP contribution in [0.3, 0.4) is 0 Å². The minimum Gasteiger partial charge on any atom is -0.308 e. The molecule has 1 heterocycles. The van der Waals surface area contributed by atoms with Gasteiger partial charge in [0.1, 0.15) is 0 Å². The van der Waals surface area contributed by atoms with Gasteiger partial charge in [0.2, 0.25) is 5.16 Å². The minimum atomic E-state index is -4.17. The SMILES string of the molecule is CC(CNCC(F)(F)F)Sc1nnnn1C. The van der Waals surface area contributed by atoms with Crippen molar-refractivity contribution >= 4 is 11.8 Å². The number of hydrogen-bond acceptors (Lipinski definition) is 5. The van der Waals surface area contributed by atoms with Crippen molar-refractivity contribution in [3.05, 3.63) is 0 Å². The second-order valence-corrected chi connectivity index (χ2v) is 4.67. The number of hydrogen-bond donors (Lipinski definition) is 1. The zero-order valence-corrected chi connectivity index (χ0v) is 9.64. The molecule has 9 heteroatoms. The van der Waals surface area contributed by atoms with Crippen molar-refractivity contribution < 1.29 is 13.2 Å². The first-order valence-corrected chi connectivity index (χ1v) is 5.43. The lowest BCUT2D eigenvalue weighted by atomic mass is 10.4. The molecule has 1 atom stereocenters. The Bertz CT molecular complexity index is 326. The number of alkyl halides is 3. The molecule has 5 nitrogen and oxygen atoms in total. The molecule has 0 radical (unpaired) electrons. The first kappa shape index (κ1) is 13.2. The van der Waals surface area contributed by atoms with Gasteiger partial charge in [-0.25, -0.2) is 4.68 Å². The third-order valence-electron chi connectivity index (χ3n) is 1.65. The van der Waals surface area contributed by atoms with Crippen molar-refractivity contribution in [1.82, 2.24) is 25.5 Å². The second kappa shape index (κ2) is 5.48. The van der Waals surface area contributed by atoms with Crippen LogP contribution in [-0.2, 0) is 7.05 Å². The van der Waals surface area contributed by atoms with Gasteiger partial charge in [-0.2, -0.15) is 13.2 Å². The lowest BCUT2D eigenvalue weighted by Gasteiger charge is -2.12. The number of thioether (sulfide) groups is 1. The fraction of sp³-hybridized carbons (Fsp3) is 0.857. The van der Waals surface area contributed by atoms with Crippen LogP contribution in [0.25, 0.3) is 0 Å². The number of tetrazole rings is 1. The van der Waals surface area contributed by atoms with Crippen LogP contribution in [0.15, 0.2) is 5.16 Å². The summed E-state index contributed by atoms with van der Waals surface area (Å²) in [5.74, 6) is 0. The zero-order valence-electron chi connectivity index (χ0n) is 8.82. The Morgan fingerprint density at radius 1 is 1.50 bits per heavy atom. The maximum Gasteiger partial charge on any atom is 0.401 e. The number of aromatic nitrogens is 4. The molecular weight excluding hydrogens is 243 g/mol. The van der Waals surface area contributed by atoms with E-state index >= 15 is 0 Å². The average molecular weight is 255 g/mol. The van der Waals surface area contributed by atoms with Crippen molar-refractivity contribution in [2.45, 2.75) is 23.5 Å². The van der Waals surface area contributed by atoms with E-state index in [1.165, 1.54) is 16.4 Å². The Labute approximate surface area is 94.8 Å². The highest BCUT2D eigenvalue weighted by atomic mass is 32.2. The second-order valence-electron chi connectivity index (χ2n) is 3.26. The monoisotopic (exact) mass is 255 g/mol. The Balaban J connectivity index is 2.26. The van der Waals surface area contributed by atoms with E-state index in [1.807, 2.05) is 6.92 Å². The number of halogens is 3. The van der Waals surface area contributed by atoms with Gasteiger partial charge in [-0.05, 0) is 10.4 Å². The zero-order chi connectivity index (χ0) is 12.2. The van der Waals surface area contributed by atoms with E-state index in [0.717, 1.165) is 0 Å². The molecule has 1 aromatic rings. The largest absolute Gasteiger partial charge is 0.401 e. The predicted octanol–water partition coefficient (Wildman–Crippen LogP) is 0.843. The van der Waals surface area contributed by atoms with Crippen molar-refractivity contribution in [2.75, 3.05) is 13.1 Å². The number of aryl methyl sites for hydroxylation is 1. The van der Waals surface area contributed by atoms with Crippen LogP contribution in [-0.4, -0.2) is 44.7 Å². The van der Waals surface area contributed by atoms with E-state index in [0.29, 0.717) is 5.16 Å². The van der Waals surface area contributed by atoms with Crippen LogP contribution in [0, 0.1) is 0 Å². The van der Waals surface area contributed by atoms with E-state index in [2.05, 4.69) is 20.8 Å². The van der Waals surface area contributed by atoms with Crippen molar-refractivity contribution in [3.8, 4) is 0 Å². The van der Waals surface area contributed by atoms with Gasteiger partial charge in [-0.15, -0.1) is 5.10 Å². The molecule has 0 amide bonds. The van der Waals surface area contributed by atoms with Gasteiger partial charge in [0.15, 0.2) is 0 Å². The molecule has 0 bridgehead atoms. The molecule has 0 fully saturated rings. The standard InChI is InChI=1S/C7H12F3N5S/c1-5(3-11-4-7(8,9)10)16-6-12-13-14-15(6)2/h5,11H,3-4H2,1-2H3. The molecule has 16 heavy (non-hydrogen) atoms. The van der Waals surface area contributed by atoms with Crippen LogP contribution < -0.4 is 5.32 Å². The quantitative estimate of drug-likeness (QED) is 0.790. The third-order valence-corrected chi connectivity index (χ3v) is 2.77. The molecule has 0 aromatic carbocycles. The molecule has 1 aromatic heterocycles. The maximum atomic E-state index is 11.8. The van der Waals surface area contributed by atoms with E-state index in [4.69, 9.17) is 0 Å². The summed E-state index contributed by atoms with van der Waals surface area (Å²) in [6.45, 7) is 1.08. The molecule has 1 unspecified atom stereocenters. The maximum absolute atomic E-state index is 11.8. The Kier molecular flexibility index (Phi) is 4.54. The summed E-state index contributed by atoms with van der Waals surface area (Å²) in [6, 6.07) is 0. The third kappa shape index (κ3) is 4.79. The normalized spacial score (nSPS) is 14.1. The molecule has 92 valence electrons. The Morgan fingerprint density at radius 2 is 2.19 bits per heavy atom. The van der Waals surface area contributed by atoms with Crippen LogP contribution in [0.1, 0.15) is 6.92 Å². The summed E-state index contributed by atoms with van der Waals surface area (Å²) in [6.07, 6.45) is -4.17. The van der Waals surface area contributed by atoms with Gasteiger partial charge in [0.05, 0.1) is 6.54 Å². The van der Waals surface area contributed by atoms with E-state index in [1.54, 1.807) is 7.05 Å². The molecule has 0 aliphatic rings. The average Bonchev–Trinajstić information content (AvgIpc) is 2.49. The van der Waals surface area contributed by atoms with Crippen LogP contribution in [0.4, 0.5) is 13.2 Å². The van der Waals surface area contributed by atoms with E-state index in [9.17, 15) is 13.2 Å². The predicted molar refractivity (Wildman–Crippen MR) is 53.0 cm³/mol. The molecule has 1 rings (SSSR count). The molecule has 0 saturated carbocycles. The van der Waals surface area contributed by atoms with Gasteiger partial charge >= 0.3 is 6.18 Å². The number of nitrogens with zero attached hydrogens (tertiary/aromatic N) is 4. The van der Waals surface area contributed by atoms with Gasteiger partial charge in [0.25, 0.3) is 0 Å². The van der Waals surface area contributed by atoms with Gasteiger partial charge in [0, 0.05) is 18.8 Å².